The first-order valence-corrected chi connectivity index (χ1v) is 10.4. The van der Waals surface area contributed by atoms with Gasteiger partial charge in [0.05, 0.1) is 5.56 Å². The highest BCUT2D eigenvalue weighted by molar-refractivity contribution is 7.99. The molecule has 0 amide bonds. The second-order valence-corrected chi connectivity index (χ2v) is 8.04. The number of hydrogen-bond acceptors (Lipinski definition) is 7. The molecule has 0 bridgehead atoms. The third kappa shape index (κ3) is 3.64. The van der Waals surface area contributed by atoms with E-state index in [1.54, 1.807) is 18.0 Å². The van der Waals surface area contributed by atoms with Gasteiger partial charge >= 0.3 is 0 Å². The maximum absolute atomic E-state index is 6.00. The van der Waals surface area contributed by atoms with Crippen molar-refractivity contribution in [2.75, 3.05) is 13.2 Å². The number of fused-ring (bicyclic) bond motifs is 1. The molecule has 1 aliphatic rings. The summed E-state index contributed by atoms with van der Waals surface area (Å²) in [5.74, 6) is 2.27. The van der Waals surface area contributed by atoms with Gasteiger partial charge in [-0.1, -0.05) is 17.8 Å². The molecular weight excluding hydrogens is 398 g/mol. The van der Waals surface area contributed by atoms with Crippen LogP contribution in [0.4, 0.5) is 0 Å². The van der Waals surface area contributed by atoms with Crippen LogP contribution in [0.1, 0.15) is 11.1 Å². The molecule has 7 heteroatoms. The van der Waals surface area contributed by atoms with Crippen molar-refractivity contribution in [2.24, 2.45) is 0 Å². The Morgan fingerprint density at radius 3 is 2.53 bits per heavy atom. The van der Waals surface area contributed by atoms with Crippen molar-refractivity contribution in [1.29, 1.82) is 0 Å². The van der Waals surface area contributed by atoms with Crippen LogP contribution in [0, 0.1) is 13.8 Å². The quantitative estimate of drug-likeness (QED) is 0.444. The number of rotatable bonds is 4. The molecule has 4 aromatic rings. The fourth-order valence-electron chi connectivity index (χ4n) is 3.15. The molecule has 0 saturated carbocycles. The molecule has 0 saturated heterocycles. The average molecular weight is 417 g/mol. The van der Waals surface area contributed by atoms with Gasteiger partial charge in [0.1, 0.15) is 18.2 Å². The zero-order valence-electron chi connectivity index (χ0n) is 16.6. The van der Waals surface area contributed by atoms with E-state index in [-0.39, 0.29) is 0 Å². The van der Waals surface area contributed by atoms with Gasteiger partial charge in [0, 0.05) is 16.7 Å². The second-order valence-electron chi connectivity index (χ2n) is 6.98. The predicted octanol–water partition coefficient (Wildman–Crippen LogP) is 5.34. The molecule has 3 heterocycles. The van der Waals surface area contributed by atoms with Crippen LogP contribution in [0.5, 0.6) is 11.5 Å². The van der Waals surface area contributed by atoms with Crippen LogP contribution >= 0.6 is 11.8 Å². The lowest BCUT2D eigenvalue weighted by Crippen LogP contribution is -2.15. The molecule has 0 unspecified atom stereocenters. The van der Waals surface area contributed by atoms with Crippen LogP contribution < -0.4 is 9.47 Å². The SMILES string of the molecule is Cc1ccc(Sc2ncccc2-c2nnc(-c3ccc4c(c3)OCCO4)o2)cc1C. The Labute approximate surface area is 178 Å². The van der Waals surface area contributed by atoms with Gasteiger partial charge in [-0.05, 0) is 67.4 Å². The fourth-order valence-corrected chi connectivity index (χ4v) is 4.12. The van der Waals surface area contributed by atoms with Gasteiger partial charge in [0.2, 0.25) is 5.89 Å². The second kappa shape index (κ2) is 7.84. The predicted molar refractivity (Wildman–Crippen MR) is 114 cm³/mol. The smallest absolute Gasteiger partial charge is 0.250 e. The van der Waals surface area contributed by atoms with E-state index in [2.05, 4.69) is 47.2 Å². The van der Waals surface area contributed by atoms with E-state index in [9.17, 15) is 0 Å². The maximum atomic E-state index is 6.00. The van der Waals surface area contributed by atoms with E-state index in [0.29, 0.717) is 30.7 Å². The molecule has 1 aliphatic heterocycles. The van der Waals surface area contributed by atoms with E-state index in [1.165, 1.54) is 11.1 Å². The third-order valence-corrected chi connectivity index (χ3v) is 5.92. The molecule has 5 rings (SSSR count). The van der Waals surface area contributed by atoms with Crippen LogP contribution in [0.15, 0.2) is 69.1 Å². The summed E-state index contributed by atoms with van der Waals surface area (Å²) >= 11 is 1.58. The number of benzene rings is 2. The first kappa shape index (κ1) is 18.7. The van der Waals surface area contributed by atoms with Crippen molar-refractivity contribution in [3.05, 3.63) is 65.9 Å². The summed E-state index contributed by atoms with van der Waals surface area (Å²) in [4.78, 5) is 5.66. The number of hydrogen-bond donors (Lipinski definition) is 0. The summed E-state index contributed by atoms with van der Waals surface area (Å²) in [6.07, 6.45) is 1.77. The summed E-state index contributed by atoms with van der Waals surface area (Å²) < 4.78 is 17.2. The lowest BCUT2D eigenvalue weighted by Gasteiger charge is -2.18. The fraction of sp³-hybridized carbons (Fsp3) is 0.174. The minimum atomic E-state index is 0.424. The number of pyridine rings is 1. The highest BCUT2D eigenvalue weighted by Gasteiger charge is 2.18. The first-order chi connectivity index (χ1) is 14.7. The average Bonchev–Trinajstić information content (AvgIpc) is 3.26. The van der Waals surface area contributed by atoms with Crippen molar-refractivity contribution in [2.45, 2.75) is 23.8 Å². The molecule has 150 valence electrons. The summed E-state index contributed by atoms with van der Waals surface area (Å²) in [5, 5.41) is 9.32. The first-order valence-electron chi connectivity index (χ1n) is 9.61. The highest BCUT2D eigenvalue weighted by Crippen LogP contribution is 2.37. The largest absolute Gasteiger partial charge is 0.486 e. The Morgan fingerprint density at radius 1 is 0.833 bits per heavy atom. The highest BCUT2D eigenvalue weighted by atomic mass is 32.2. The molecule has 6 nitrogen and oxygen atoms in total. The van der Waals surface area contributed by atoms with E-state index in [4.69, 9.17) is 13.9 Å². The third-order valence-electron chi connectivity index (χ3n) is 4.91. The Bertz CT molecular complexity index is 1220. The minimum Gasteiger partial charge on any atom is -0.486 e. The Hall–Kier alpha value is -3.32. The molecular formula is C23H19N3O3S. The standard InChI is InChI=1S/C23H19N3O3S/c1-14-5-7-17(12-15(14)2)30-23-18(4-3-9-24-23)22-26-25-21(29-22)16-6-8-19-20(13-16)28-11-10-27-19/h3-9,12-13H,10-11H2,1-2H3. The van der Waals surface area contributed by atoms with Gasteiger partial charge in [-0.3, -0.25) is 0 Å². The van der Waals surface area contributed by atoms with E-state index in [0.717, 1.165) is 26.8 Å². The molecule has 0 N–H and O–H groups in total. The van der Waals surface area contributed by atoms with E-state index in [1.807, 2.05) is 30.3 Å². The summed E-state index contributed by atoms with van der Waals surface area (Å²) in [6, 6.07) is 15.8. The van der Waals surface area contributed by atoms with Crippen LogP contribution in [-0.2, 0) is 0 Å². The zero-order valence-corrected chi connectivity index (χ0v) is 17.4. The number of aromatic nitrogens is 3. The summed E-state index contributed by atoms with van der Waals surface area (Å²) in [6.45, 7) is 5.30. The Morgan fingerprint density at radius 2 is 1.67 bits per heavy atom. The lowest BCUT2D eigenvalue weighted by molar-refractivity contribution is 0.171. The number of nitrogens with zero attached hydrogens (tertiary/aromatic N) is 3. The van der Waals surface area contributed by atoms with Gasteiger partial charge < -0.3 is 13.9 Å². The zero-order chi connectivity index (χ0) is 20.5. The molecule has 0 aliphatic carbocycles. The van der Waals surface area contributed by atoms with E-state index >= 15 is 0 Å². The van der Waals surface area contributed by atoms with E-state index < -0.39 is 0 Å². The molecule has 0 radical (unpaired) electrons. The summed E-state index contributed by atoms with van der Waals surface area (Å²) in [7, 11) is 0. The molecule has 30 heavy (non-hydrogen) atoms. The van der Waals surface area contributed by atoms with Crippen LogP contribution in [0.25, 0.3) is 22.9 Å². The van der Waals surface area contributed by atoms with Crippen LogP contribution in [-0.4, -0.2) is 28.4 Å². The molecule has 0 spiro atoms. The maximum Gasteiger partial charge on any atom is 0.250 e. The molecule has 2 aromatic carbocycles. The molecule has 0 atom stereocenters. The van der Waals surface area contributed by atoms with Crippen molar-refractivity contribution in [1.82, 2.24) is 15.2 Å². The molecule has 2 aromatic heterocycles. The van der Waals surface area contributed by atoms with Gasteiger partial charge in [0.25, 0.3) is 5.89 Å². The minimum absolute atomic E-state index is 0.424. The van der Waals surface area contributed by atoms with Crippen LogP contribution in [0.2, 0.25) is 0 Å². The summed E-state index contributed by atoms with van der Waals surface area (Å²) in [5.41, 5.74) is 4.10. The Balaban J connectivity index is 1.46. The number of ether oxygens (including phenoxy) is 2. The van der Waals surface area contributed by atoms with Crippen molar-refractivity contribution >= 4 is 11.8 Å². The normalized spacial score (nSPS) is 12.7. The number of aryl methyl sites for hydroxylation is 2. The van der Waals surface area contributed by atoms with Crippen LogP contribution in [0.3, 0.4) is 0 Å². The van der Waals surface area contributed by atoms with Crippen molar-refractivity contribution in [3.8, 4) is 34.4 Å². The topological polar surface area (TPSA) is 70.3 Å². The van der Waals surface area contributed by atoms with Gasteiger partial charge in [-0.25, -0.2) is 4.98 Å². The van der Waals surface area contributed by atoms with Gasteiger partial charge in [0.15, 0.2) is 11.5 Å². The van der Waals surface area contributed by atoms with Crippen molar-refractivity contribution in [3.63, 3.8) is 0 Å². The van der Waals surface area contributed by atoms with Gasteiger partial charge in [-0.15, -0.1) is 10.2 Å². The Kier molecular flexibility index (Phi) is 4.88. The van der Waals surface area contributed by atoms with Gasteiger partial charge in [-0.2, -0.15) is 0 Å². The monoisotopic (exact) mass is 417 g/mol. The lowest BCUT2D eigenvalue weighted by atomic mass is 10.1. The molecule has 0 fully saturated rings. The van der Waals surface area contributed by atoms with Crippen molar-refractivity contribution < 1.29 is 13.9 Å².